The van der Waals surface area contributed by atoms with E-state index in [4.69, 9.17) is 10.7 Å². The average Bonchev–Trinajstić information content (AvgIpc) is 3.12. The smallest absolute Gasteiger partial charge is 0.407 e. The van der Waals surface area contributed by atoms with E-state index in [0.717, 1.165) is 22.4 Å². The van der Waals surface area contributed by atoms with E-state index >= 15 is 0 Å². The van der Waals surface area contributed by atoms with Crippen molar-refractivity contribution in [2.75, 3.05) is 35.6 Å². The fourth-order valence-electron chi connectivity index (χ4n) is 4.33. The molecule has 2 atom stereocenters. The van der Waals surface area contributed by atoms with E-state index in [0.29, 0.717) is 36.7 Å². The third-order valence-corrected chi connectivity index (χ3v) is 6.07. The SMILES string of the molecule is Cc1nc(N)nc(N[C@@H](C)c2nc3ccn(C)c3cc2N2CCN(C(=O)O)[C@H](C)C2)c1C#N. The molecule has 0 spiro atoms. The van der Waals surface area contributed by atoms with Gasteiger partial charge in [-0.25, -0.2) is 14.8 Å². The van der Waals surface area contributed by atoms with E-state index in [-0.39, 0.29) is 18.0 Å². The van der Waals surface area contributed by atoms with Gasteiger partial charge in [0, 0.05) is 38.9 Å². The van der Waals surface area contributed by atoms with E-state index in [1.165, 1.54) is 4.90 Å². The minimum Gasteiger partial charge on any atom is -0.465 e. The quantitative estimate of drug-likeness (QED) is 0.546. The zero-order valence-electron chi connectivity index (χ0n) is 19.1. The molecule has 33 heavy (non-hydrogen) atoms. The topological polar surface area (TPSA) is 149 Å². The Morgan fingerprint density at radius 3 is 2.79 bits per heavy atom. The van der Waals surface area contributed by atoms with Crippen molar-refractivity contribution in [3.05, 3.63) is 35.3 Å². The molecule has 11 heteroatoms. The van der Waals surface area contributed by atoms with E-state index in [9.17, 15) is 15.2 Å². The van der Waals surface area contributed by atoms with Gasteiger partial charge < -0.3 is 30.5 Å². The molecule has 1 fully saturated rings. The number of carboxylic acid groups (broad SMARTS) is 1. The van der Waals surface area contributed by atoms with Crippen LogP contribution < -0.4 is 16.0 Å². The van der Waals surface area contributed by atoms with Crippen molar-refractivity contribution in [1.82, 2.24) is 24.4 Å². The summed E-state index contributed by atoms with van der Waals surface area (Å²) in [5.41, 5.74) is 10.2. The number of anilines is 3. The first kappa shape index (κ1) is 22.1. The summed E-state index contributed by atoms with van der Waals surface area (Å²) in [5, 5.41) is 22.3. The standard InChI is InChI=1S/C22H27N9O2/c1-12-11-30(7-8-31(12)22(32)33)18-9-17-16(5-6-29(17)4)27-19(18)14(3)25-20-15(10-23)13(2)26-21(24)28-20/h5-6,9,12,14H,7-8,11H2,1-4H3,(H,32,33)(H3,24,25,26,28)/t12-,14+/m1/s1. The molecular formula is C22H27N9O2. The van der Waals surface area contributed by atoms with Crippen molar-refractivity contribution in [3.8, 4) is 6.07 Å². The second kappa shape index (κ2) is 8.46. The van der Waals surface area contributed by atoms with Gasteiger partial charge in [-0.3, -0.25) is 0 Å². The maximum Gasteiger partial charge on any atom is 0.407 e. The first-order valence-corrected chi connectivity index (χ1v) is 10.7. The Hall–Kier alpha value is -4.07. The number of rotatable bonds is 4. The Morgan fingerprint density at radius 2 is 2.12 bits per heavy atom. The van der Waals surface area contributed by atoms with Crippen LogP contribution in [0.15, 0.2) is 18.3 Å². The Morgan fingerprint density at radius 1 is 1.36 bits per heavy atom. The van der Waals surface area contributed by atoms with E-state index < -0.39 is 6.09 Å². The van der Waals surface area contributed by atoms with E-state index in [2.05, 4.69) is 32.3 Å². The van der Waals surface area contributed by atoms with Crippen LogP contribution in [0.2, 0.25) is 0 Å². The highest BCUT2D eigenvalue weighted by Crippen LogP contribution is 2.33. The third-order valence-electron chi connectivity index (χ3n) is 6.07. The van der Waals surface area contributed by atoms with Gasteiger partial charge in [-0.15, -0.1) is 0 Å². The van der Waals surface area contributed by atoms with Crippen LogP contribution in [0.5, 0.6) is 0 Å². The van der Waals surface area contributed by atoms with Gasteiger partial charge in [0.1, 0.15) is 17.5 Å². The predicted molar refractivity (Wildman–Crippen MR) is 125 cm³/mol. The number of pyridine rings is 1. The van der Waals surface area contributed by atoms with Crippen LogP contribution in [-0.2, 0) is 7.05 Å². The molecule has 4 heterocycles. The Balaban J connectivity index is 1.75. The van der Waals surface area contributed by atoms with Gasteiger partial charge in [-0.05, 0) is 32.9 Å². The van der Waals surface area contributed by atoms with Crippen LogP contribution in [0.4, 0.5) is 22.2 Å². The lowest BCUT2D eigenvalue weighted by Crippen LogP contribution is -2.54. The molecule has 0 saturated carbocycles. The minimum absolute atomic E-state index is 0.0894. The zero-order chi connectivity index (χ0) is 23.9. The van der Waals surface area contributed by atoms with Crippen molar-refractivity contribution < 1.29 is 9.90 Å². The Labute approximate surface area is 191 Å². The number of nitriles is 1. The van der Waals surface area contributed by atoms with Gasteiger partial charge in [0.15, 0.2) is 0 Å². The lowest BCUT2D eigenvalue weighted by atomic mass is 10.1. The van der Waals surface area contributed by atoms with E-state index in [1.807, 2.05) is 37.7 Å². The van der Waals surface area contributed by atoms with Crippen molar-refractivity contribution in [2.24, 2.45) is 7.05 Å². The van der Waals surface area contributed by atoms with Crippen LogP contribution in [0.3, 0.4) is 0 Å². The molecule has 0 unspecified atom stereocenters. The molecule has 0 bridgehead atoms. The minimum atomic E-state index is -0.908. The number of fused-ring (bicyclic) bond motifs is 1. The molecule has 1 saturated heterocycles. The number of nitrogen functional groups attached to an aromatic ring is 1. The lowest BCUT2D eigenvalue weighted by Gasteiger charge is -2.40. The van der Waals surface area contributed by atoms with E-state index in [1.54, 1.807) is 6.92 Å². The molecular weight excluding hydrogens is 422 g/mol. The number of carbonyl (C=O) groups is 1. The van der Waals surface area contributed by atoms with Gasteiger partial charge in [-0.2, -0.15) is 10.2 Å². The molecule has 4 N–H and O–H groups in total. The number of piperazine rings is 1. The van der Waals surface area contributed by atoms with Crippen LogP contribution in [-0.4, -0.2) is 61.3 Å². The highest BCUT2D eigenvalue weighted by atomic mass is 16.4. The molecule has 3 aromatic rings. The molecule has 3 aromatic heterocycles. The molecule has 1 amide bonds. The Kier molecular flexibility index (Phi) is 5.68. The Bertz CT molecular complexity index is 1260. The molecule has 11 nitrogen and oxygen atoms in total. The summed E-state index contributed by atoms with van der Waals surface area (Å²) in [4.78, 5) is 28.4. The maximum atomic E-state index is 11.5. The van der Waals surface area contributed by atoms with Crippen LogP contribution in [0.25, 0.3) is 11.0 Å². The summed E-state index contributed by atoms with van der Waals surface area (Å²) < 4.78 is 2.01. The summed E-state index contributed by atoms with van der Waals surface area (Å²) in [6.07, 6.45) is 1.05. The summed E-state index contributed by atoms with van der Waals surface area (Å²) in [5.74, 6) is 0.450. The second-order valence-electron chi connectivity index (χ2n) is 8.36. The number of nitrogens with zero attached hydrogens (tertiary/aromatic N) is 7. The molecule has 4 rings (SSSR count). The van der Waals surface area contributed by atoms with Crippen molar-refractivity contribution in [1.29, 1.82) is 5.26 Å². The predicted octanol–water partition coefficient (Wildman–Crippen LogP) is 2.49. The first-order valence-electron chi connectivity index (χ1n) is 10.7. The maximum absolute atomic E-state index is 11.5. The molecule has 1 aliphatic heterocycles. The van der Waals surface area contributed by atoms with Crippen LogP contribution in [0.1, 0.15) is 36.8 Å². The monoisotopic (exact) mass is 449 g/mol. The summed E-state index contributed by atoms with van der Waals surface area (Å²) in [6, 6.07) is 5.71. The first-order chi connectivity index (χ1) is 15.7. The average molecular weight is 450 g/mol. The second-order valence-corrected chi connectivity index (χ2v) is 8.36. The van der Waals surface area contributed by atoms with Crippen LogP contribution in [0, 0.1) is 18.3 Å². The molecule has 172 valence electrons. The fraction of sp³-hybridized carbons (Fsp3) is 0.409. The van der Waals surface area contributed by atoms with Crippen LogP contribution >= 0.6 is 0 Å². The van der Waals surface area contributed by atoms with Gasteiger partial charge >= 0.3 is 6.09 Å². The number of aromatic nitrogens is 4. The summed E-state index contributed by atoms with van der Waals surface area (Å²) in [6.45, 7) is 7.08. The van der Waals surface area contributed by atoms with Gasteiger partial charge in [0.25, 0.3) is 0 Å². The number of nitrogens with one attached hydrogen (secondary N) is 1. The van der Waals surface area contributed by atoms with Gasteiger partial charge in [0.05, 0.1) is 34.2 Å². The fourth-order valence-corrected chi connectivity index (χ4v) is 4.33. The molecule has 1 aliphatic rings. The van der Waals surface area contributed by atoms with Crippen molar-refractivity contribution >= 4 is 34.6 Å². The van der Waals surface area contributed by atoms with Crippen molar-refractivity contribution in [3.63, 3.8) is 0 Å². The number of aryl methyl sites for hydroxylation is 2. The summed E-state index contributed by atoms with van der Waals surface area (Å²) >= 11 is 0. The zero-order valence-corrected chi connectivity index (χ0v) is 19.1. The number of hydrogen-bond donors (Lipinski definition) is 3. The highest BCUT2D eigenvalue weighted by Gasteiger charge is 2.30. The molecule has 0 radical (unpaired) electrons. The lowest BCUT2D eigenvalue weighted by molar-refractivity contribution is 0.122. The molecule has 0 aromatic carbocycles. The third kappa shape index (κ3) is 4.07. The normalized spacial score (nSPS) is 17.1. The molecule has 0 aliphatic carbocycles. The number of hydrogen-bond acceptors (Lipinski definition) is 8. The highest BCUT2D eigenvalue weighted by molar-refractivity contribution is 5.81. The summed E-state index contributed by atoms with van der Waals surface area (Å²) in [7, 11) is 1.96. The van der Waals surface area contributed by atoms with Crippen molar-refractivity contribution in [2.45, 2.75) is 32.9 Å². The number of nitrogens with two attached hydrogens (primary N) is 1. The number of amides is 1. The van der Waals surface area contributed by atoms with Gasteiger partial charge in [0.2, 0.25) is 5.95 Å². The van der Waals surface area contributed by atoms with Gasteiger partial charge in [-0.1, -0.05) is 0 Å². The largest absolute Gasteiger partial charge is 0.465 e.